The summed E-state index contributed by atoms with van der Waals surface area (Å²) >= 11 is 0. The lowest BCUT2D eigenvalue weighted by molar-refractivity contribution is 0.109. The smallest absolute Gasteiger partial charge is 0.240 e. The van der Waals surface area contributed by atoms with Crippen LogP contribution in [0, 0.1) is 0 Å². The maximum atomic E-state index is 5.68. The van der Waals surface area contributed by atoms with Gasteiger partial charge < -0.3 is 15.0 Å². The van der Waals surface area contributed by atoms with E-state index in [0.29, 0.717) is 24.8 Å². The van der Waals surface area contributed by atoms with Gasteiger partial charge in [-0.3, -0.25) is 4.90 Å². The molecule has 2 rings (SSSR count). The largest absolute Gasteiger partial charge is 0.374 e. The molecular weight excluding hydrogens is 268 g/mol. The van der Waals surface area contributed by atoms with E-state index in [-0.39, 0.29) is 6.10 Å². The Labute approximate surface area is 124 Å². The zero-order valence-corrected chi connectivity index (χ0v) is 12.5. The molecule has 0 bridgehead atoms. The van der Waals surface area contributed by atoms with E-state index in [1.807, 2.05) is 25.1 Å². The number of ether oxygens (including phenoxy) is 1. The van der Waals surface area contributed by atoms with Crippen LogP contribution in [0.3, 0.4) is 0 Å². The second-order valence-corrected chi connectivity index (χ2v) is 4.91. The average molecular weight is 290 g/mol. The van der Waals surface area contributed by atoms with Crippen molar-refractivity contribution in [1.82, 2.24) is 15.0 Å². The minimum absolute atomic E-state index is 0.167. The quantitative estimate of drug-likeness (QED) is 0.798. The molecule has 21 heavy (non-hydrogen) atoms. The molecule has 0 aliphatic heterocycles. The number of nitrogens with two attached hydrogens (primary N) is 1. The number of hydrogen-bond donors (Lipinski definition) is 1. The molecule has 2 aromatic rings. The van der Waals surface area contributed by atoms with Crippen LogP contribution in [0.2, 0.25) is 0 Å². The van der Waals surface area contributed by atoms with Crippen LogP contribution >= 0.6 is 0 Å². The van der Waals surface area contributed by atoms with Crippen LogP contribution in [0.25, 0.3) is 0 Å². The zero-order valence-electron chi connectivity index (χ0n) is 12.5. The first-order valence-corrected chi connectivity index (χ1v) is 7.04. The Morgan fingerprint density at radius 2 is 2.05 bits per heavy atom. The number of nitrogens with zero attached hydrogens (tertiary/aromatic N) is 3. The summed E-state index contributed by atoms with van der Waals surface area (Å²) in [5.41, 5.74) is 6.92. The molecule has 0 radical (unpaired) electrons. The van der Waals surface area contributed by atoms with Crippen LogP contribution in [-0.4, -0.2) is 35.2 Å². The van der Waals surface area contributed by atoms with E-state index in [0.717, 1.165) is 13.1 Å². The van der Waals surface area contributed by atoms with Gasteiger partial charge in [-0.15, -0.1) is 0 Å². The third kappa shape index (κ3) is 4.63. The molecule has 6 nitrogen and oxygen atoms in total. The fourth-order valence-corrected chi connectivity index (χ4v) is 2.03. The SMILES string of the molecule is COC(C)c1noc(CN(CCN)Cc2ccccc2)n1. The van der Waals surface area contributed by atoms with Gasteiger partial charge >= 0.3 is 0 Å². The standard InChI is InChI=1S/C15H22N4O2/c1-12(20-2)15-17-14(21-18-15)11-19(9-8-16)10-13-6-4-3-5-7-13/h3-7,12H,8-11,16H2,1-2H3. The van der Waals surface area contributed by atoms with Crippen molar-refractivity contribution in [3.05, 3.63) is 47.6 Å². The van der Waals surface area contributed by atoms with Crippen molar-refractivity contribution in [2.75, 3.05) is 20.2 Å². The minimum atomic E-state index is -0.167. The maximum Gasteiger partial charge on any atom is 0.240 e. The first-order chi connectivity index (χ1) is 10.2. The average Bonchev–Trinajstić information content (AvgIpc) is 2.96. The van der Waals surface area contributed by atoms with E-state index in [1.54, 1.807) is 7.11 Å². The molecule has 1 atom stereocenters. The Morgan fingerprint density at radius 3 is 2.71 bits per heavy atom. The lowest BCUT2D eigenvalue weighted by Crippen LogP contribution is -2.28. The minimum Gasteiger partial charge on any atom is -0.374 e. The van der Waals surface area contributed by atoms with Crippen LogP contribution in [-0.2, 0) is 17.8 Å². The highest BCUT2D eigenvalue weighted by molar-refractivity contribution is 5.14. The summed E-state index contributed by atoms with van der Waals surface area (Å²) in [4.78, 5) is 6.54. The predicted octanol–water partition coefficient (Wildman–Crippen LogP) is 1.74. The first-order valence-electron chi connectivity index (χ1n) is 7.04. The third-order valence-corrected chi connectivity index (χ3v) is 3.25. The molecule has 0 amide bonds. The fraction of sp³-hybridized carbons (Fsp3) is 0.467. The molecule has 1 unspecified atom stereocenters. The number of rotatable bonds is 8. The summed E-state index contributed by atoms with van der Waals surface area (Å²) in [5.74, 6) is 1.15. The molecule has 0 spiro atoms. The topological polar surface area (TPSA) is 77.4 Å². The summed E-state index contributed by atoms with van der Waals surface area (Å²) in [5, 5.41) is 3.94. The highest BCUT2D eigenvalue weighted by Crippen LogP contribution is 2.13. The van der Waals surface area contributed by atoms with Crippen molar-refractivity contribution in [2.45, 2.75) is 26.1 Å². The van der Waals surface area contributed by atoms with Gasteiger partial charge in [0, 0.05) is 26.7 Å². The van der Waals surface area contributed by atoms with Gasteiger partial charge in [0.05, 0.1) is 6.54 Å². The van der Waals surface area contributed by atoms with E-state index in [4.69, 9.17) is 15.0 Å². The van der Waals surface area contributed by atoms with Crippen LogP contribution in [0.1, 0.15) is 30.3 Å². The Hall–Kier alpha value is -1.76. The van der Waals surface area contributed by atoms with E-state index in [9.17, 15) is 0 Å². The number of hydrogen-bond acceptors (Lipinski definition) is 6. The highest BCUT2D eigenvalue weighted by Gasteiger charge is 2.15. The van der Waals surface area contributed by atoms with E-state index in [1.165, 1.54) is 5.56 Å². The molecule has 114 valence electrons. The van der Waals surface area contributed by atoms with Gasteiger partial charge in [-0.2, -0.15) is 4.98 Å². The Balaban J connectivity index is 2.00. The Kier molecular flexibility index (Phi) is 5.86. The molecule has 0 saturated carbocycles. The molecule has 0 aliphatic carbocycles. The maximum absolute atomic E-state index is 5.68. The zero-order chi connectivity index (χ0) is 15.1. The van der Waals surface area contributed by atoms with Crippen molar-refractivity contribution < 1.29 is 9.26 Å². The second-order valence-electron chi connectivity index (χ2n) is 4.91. The van der Waals surface area contributed by atoms with Crippen molar-refractivity contribution in [1.29, 1.82) is 0 Å². The molecule has 1 heterocycles. The molecule has 0 saturated heterocycles. The second kappa shape index (κ2) is 7.87. The van der Waals surface area contributed by atoms with E-state index in [2.05, 4.69) is 27.2 Å². The summed E-state index contributed by atoms with van der Waals surface area (Å²) in [7, 11) is 1.62. The molecule has 1 aromatic heterocycles. The summed E-state index contributed by atoms with van der Waals surface area (Å²) in [6, 6.07) is 10.3. The Bertz CT molecular complexity index is 529. The van der Waals surface area contributed by atoms with Crippen LogP contribution in [0.15, 0.2) is 34.9 Å². The summed E-state index contributed by atoms with van der Waals surface area (Å²) in [6.45, 7) is 4.62. The lowest BCUT2D eigenvalue weighted by atomic mass is 10.2. The van der Waals surface area contributed by atoms with Crippen molar-refractivity contribution in [2.24, 2.45) is 5.73 Å². The third-order valence-electron chi connectivity index (χ3n) is 3.25. The van der Waals surface area contributed by atoms with Crippen LogP contribution in [0.5, 0.6) is 0 Å². The monoisotopic (exact) mass is 290 g/mol. The van der Waals surface area contributed by atoms with Crippen LogP contribution < -0.4 is 5.73 Å². The Morgan fingerprint density at radius 1 is 1.29 bits per heavy atom. The number of aromatic nitrogens is 2. The molecule has 1 aromatic carbocycles. The van der Waals surface area contributed by atoms with Crippen molar-refractivity contribution >= 4 is 0 Å². The summed E-state index contributed by atoms with van der Waals surface area (Å²) in [6.07, 6.45) is -0.167. The summed E-state index contributed by atoms with van der Waals surface area (Å²) < 4.78 is 10.5. The molecule has 6 heteroatoms. The fourth-order valence-electron chi connectivity index (χ4n) is 2.03. The van der Waals surface area contributed by atoms with Crippen LogP contribution in [0.4, 0.5) is 0 Å². The van der Waals surface area contributed by atoms with Crippen molar-refractivity contribution in [3.8, 4) is 0 Å². The molecular formula is C15H22N4O2. The van der Waals surface area contributed by atoms with Gasteiger partial charge in [0.25, 0.3) is 0 Å². The van der Waals surface area contributed by atoms with Crippen molar-refractivity contribution in [3.63, 3.8) is 0 Å². The van der Waals surface area contributed by atoms with Gasteiger partial charge in [0.2, 0.25) is 5.89 Å². The number of benzene rings is 1. The number of methoxy groups -OCH3 is 1. The highest BCUT2D eigenvalue weighted by atomic mass is 16.5. The first kappa shape index (κ1) is 15.6. The van der Waals surface area contributed by atoms with Gasteiger partial charge in [0.15, 0.2) is 5.82 Å². The molecule has 0 fully saturated rings. The van der Waals surface area contributed by atoms with Gasteiger partial charge in [0.1, 0.15) is 6.10 Å². The predicted molar refractivity (Wildman–Crippen MR) is 79.3 cm³/mol. The lowest BCUT2D eigenvalue weighted by Gasteiger charge is -2.19. The normalized spacial score (nSPS) is 12.8. The molecule has 0 aliphatic rings. The molecule has 2 N–H and O–H groups in total. The van der Waals surface area contributed by atoms with Gasteiger partial charge in [-0.05, 0) is 12.5 Å². The van der Waals surface area contributed by atoms with Gasteiger partial charge in [-0.1, -0.05) is 35.5 Å². The van der Waals surface area contributed by atoms with E-state index < -0.39 is 0 Å². The van der Waals surface area contributed by atoms with Gasteiger partial charge in [-0.25, -0.2) is 0 Å². The van der Waals surface area contributed by atoms with E-state index >= 15 is 0 Å².